The summed E-state index contributed by atoms with van der Waals surface area (Å²) in [6.07, 6.45) is 1.14. The van der Waals surface area contributed by atoms with Gasteiger partial charge in [0.2, 0.25) is 0 Å². The quantitative estimate of drug-likeness (QED) is 0.591. The Hall–Kier alpha value is -2.26. The highest BCUT2D eigenvalue weighted by molar-refractivity contribution is 9.10. The Kier molecular flexibility index (Phi) is 4.61. The second-order valence-electron chi connectivity index (χ2n) is 5.08. The maximum atomic E-state index is 13.8. The average Bonchev–Trinajstić information content (AvgIpc) is 3.03. The lowest BCUT2D eigenvalue weighted by Gasteiger charge is -2.08. The second kappa shape index (κ2) is 6.57. The van der Waals surface area contributed by atoms with Gasteiger partial charge in [-0.3, -0.25) is 4.72 Å². The van der Waals surface area contributed by atoms with Gasteiger partial charge in [-0.1, -0.05) is 12.1 Å². The van der Waals surface area contributed by atoms with Crippen LogP contribution in [0.4, 0.5) is 18.9 Å². The number of hydrogen-bond acceptors (Lipinski definition) is 2. The molecule has 0 unspecified atom stereocenters. The van der Waals surface area contributed by atoms with E-state index in [-0.39, 0.29) is 20.6 Å². The number of H-pyrrole nitrogens is 1. The molecule has 3 aromatic rings. The molecule has 1 aromatic heterocycles. The Labute approximate surface area is 149 Å². The van der Waals surface area contributed by atoms with Crippen LogP contribution >= 0.6 is 15.9 Å². The van der Waals surface area contributed by atoms with Crippen molar-refractivity contribution in [3.8, 4) is 11.3 Å². The second-order valence-corrected chi connectivity index (χ2v) is 7.62. The summed E-state index contributed by atoms with van der Waals surface area (Å²) in [5, 5.41) is 0. The van der Waals surface area contributed by atoms with Crippen LogP contribution < -0.4 is 4.72 Å². The van der Waals surface area contributed by atoms with Crippen molar-refractivity contribution >= 4 is 31.6 Å². The van der Waals surface area contributed by atoms with E-state index in [9.17, 15) is 21.6 Å². The maximum Gasteiger partial charge on any atom is 0.263 e. The zero-order valence-electron chi connectivity index (χ0n) is 12.4. The van der Waals surface area contributed by atoms with Crippen molar-refractivity contribution in [3.63, 3.8) is 0 Å². The van der Waals surface area contributed by atoms with Crippen molar-refractivity contribution < 1.29 is 21.6 Å². The highest BCUT2D eigenvalue weighted by Crippen LogP contribution is 2.28. The van der Waals surface area contributed by atoms with Crippen molar-refractivity contribution in [2.45, 2.75) is 4.90 Å². The molecular formula is C16H10BrF3N2O2S. The Morgan fingerprint density at radius 2 is 1.68 bits per heavy atom. The van der Waals surface area contributed by atoms with Gasteiger partial charge in [0, 0.05) is 23.5 Å². The summed E-state index contributed by atoms with van der Waals surface area (Å²) in [6, 6.07) is 8.57. The van der Waals surface area contributed by atoms with Gasteiger partial charge < -0.3 is 4.98 Å². The van der Waals surface area contributed by atoms with Gasteiger partial charge >= 0.3 is 0 Å². The molecule has 0 amide bonds. The van der Waals surface area contributed by atoms with Crippen molar-refractivity contribution in [1.82, 2.24) is 4.98 Å². The maximum absolute atomic E-state index is 13.8. The van der Waals surface area contributed by atoms with Crippen LogP contribution in [-0.4, -0.2) is 13.4 Å². The van der Waals surface area contributed by atoms with Gasteiger partial charge in [0.15, 0.2) is 0 Å². The summed E-state index contributed by atoms with van der Waals surface area (Å²) in [7, 11) is -4.19. The molecule has 1 heterocycles. The minimum Gasteiger partial charge on any atom is -0.360 e. The summed E-state index contributed by atoms with van der Waals surface area (Å²) in [5.74, 6) is -2.29. The largest absolute Gasteiger partial charge is 0.360 e. The Balaban J connectivity index is 1.94. The third-order valence-electron chi connectivity index (χ3n) is 3.39. The molecular weight excluding hydrogens is 421 g/mol. The van der Waals surface area contributed by atoms with Crippen molar-refractivity contribution in [3.05, 3.63) is 70.6 Å². The number of anilines is 1. The Bertz CT molecular complexity index is 1050. The zero-order chi connectivity index (χ0) is 18.2. The number of aromatic amines is 1. The van der Waals surface area contributed by atoms with Gasteiger partial charge in [-0.2, -0.15) is 0 Å². The minimum atomic E-state index is -4.19. The molecule has 0 radical (unpaired) electrons. The van der Waals surface area contributed by atoms with Gasteiger partial charge in [-0.15, -0.1) is 0 Å². The van der Waals surface area contributed by atoms with Gasteiger partial charge in [0.1, 0.15) is 22.3 Å². The van der Waals surface area contributed by atoms with E-state index in [0.29, 0.717) is 0 Å². The molecule has 0 spiro atoms. The number of hydrogen-bond donors (Lipinski definition) is 2. The van der Waals surface area contributed by atoms with Crippen LogP contribution in [0.1, 0.15) is 0 Å². The standard InChI is InChI=1S/C16H10BrF3N2O2S/c17-11-6-14(20)16(7-13(11)19)22-25(23,24)9-5-15(21-8-9)10-3-1-2-4-12(10)18/h1-8,21-22H. The third kappa shape index (κ3) is 3.57. The van der Waals surface area contributed by atoms with E-state index in [1.165, 1.54) is 24.3 Å². The van der Waals surface area contributed by atoms with Crippen LogP contribution in [-0.2, 0) is 10.0 Å². The van der Waals surface area contributed by atoms with Crippen LogP contribution in [0.5, 0.6) is 0 Å². The molecule has 25 heavy (non-hydrogen) atoms. The van der Waals surface area contributed by atoms with Crippen LogP contribution in [0.2, 0.25) is 0 Å². The Morgan fingerprint density at radius 1 is 0.960 bits per heavy atom. The fourth-order valence-electron chi connectivity index (χ4n) is 2.17. The van der Waals surface area contributed by atoms with Crippen LogP contribution in [0.15, 0.2) is 58.0 Å². The first-order chi connectivity index (χ1) is 11.8. The molecule has 2 N–H and O–H groups in total. The molecule has 0 saturated heterocycles. The van der Waals surface area contributed by atoms with Crippen molar-refractivity contribution in [1.29, 1.82) is 0 Å². The lowest BCUT2D eigenvalue weighted by Crippen LogP contribution is -2.13. The molecule has 2 aromatic carbocycles. The minimum absolute atomic E-state index is 0.128. The van der Waals surface area contributed by atoms with E-state index in [4.69, 9.17) is 0 Å². The van der Waals surface area contributed by atoms with E-state index in [1.807, 2.05) is 4.72 Å². The number of aromatic nitrogens is 1. The highest BCUT2D eigenvalue weighted by atomic mass is 79.9. The summed E-state index contributed by atoms with van der Waals surface area (Å²) in [6.45, 7) is 0. The molecule has 3 rings (SSSR count). The number of nitrogens with one attached hydrogen (secondary N) is 2. The summed E-state index contributed by atoms with van der Waals surface area (Å²) in [5.41, 5.74) is -0.111. The molecule has 0 saturated carbocycles. The first kappa shape index (κ1) is 17.6. The molecule has 0 aliphatic rings. The topological polar surface area (TPSA) is 62.0 Å². The Morgan fingerprint density at radius 3 is 2.40 bits per heavy atom. The fourth-order valence-corrected chi connectivity index (χ4v) is 3.54. The molecule has 0 fully saturated rings. The number of benzene rings is 2. The third-order valence-corrected chi connectivity index (χ3v) is 5.34. The van der Waals surface area contributed by atoms with Crippen LogP contribution in [0.25, 0.3) is 11.3 Å². The van der Waals surface area contributed by atoms with E-state index < -0.39 is 33.2 Å². The molecule has 0 aliphatic heterocycles. The predicted octanol–water partition coefficient (Wildman–Crippen LogP) is 4.66. The number of sulfonamides is 1. The van der Waals surface area contributed by atoms with E-state index in [2.05, 4.69) is 20.9 Å². The molecule has 130 valence electrons. The zero-order valence-corrected chi connectivity index (χ0v) is 14.8. The monoisotopic (exact) mass is 430 g/mol. The SMILES string of the molecule is O=S(=O)(Nc1cc(F)c(Br)cc1F)c1c[nH]c(-c2ccccc2F)c1. The van der Waals surface area contributed by atoms with Crippen molar-refractivity contribution in [2.24, 2.45) is 0 Å². The summed E-state index contributed by atoms with van der Waals surface area (Å²) < 4.78 is 67.7. The normalized spacial score (nSPS) is 11.5. The molecule has 0 bridgehead atoms. The first-order valence-electron chi connectivity index (χ1n) is 6.88. The predicted molar refractivity (Wildman–Crippen MR) is 91.1 cm³/mol. The smallest absolute Gasteiger partial charge is 0.263 e. The van der Waals surface area contributed by atoms with E-state index >= 15 is 0 Å². The van der Waals surface area contributed by atoms with E-state index in [0.717, 1.165) is 18.3 Å². The molecule has 9 heteroatoms. The van der Waals surface area contributed by atoms with Gasteiger partial charge in [0.25, 0.3) is 10.0 Å². The number of halogens is 4. The lowest BCUT2D eigenvalue weighted by atomic mass is 10.1. The molecule has 4 nitrogen and oxygen atoms in total. The van der Waals surface area contributed by atoms with Crippen LogP contribution in [0, 0.1) is 17.5 Å². The summed E-state index contributed by atoms with van der Waals surface area (Å²) >= 11 is 2.81. The van der Waals surface area contributed by atoms with Gasteiger partial charge in [-0.05, 0) is 40.2 Å². The molecule has 0 atom stereocenters. The fraction of sp³-hybridized carbons (Fsp3) is 0. The highest BCUT2D eigenvalue weighted by Gasteiger charge is 2.20. The first-order valence-corrected chi connectivity index (χ1v) is 9.16. The van der Waals surface area contributed by atoms with Gasteiger partial charge in [-0.25, -0.2) is 21.6 Å². The van der Waals surface area contributed by atoms with Crippen LogP contribution in [0.3, 0.4) is 0 Å². The lowest BCUT2D eigenvalue weighted by molar-refractivity contribution is 0.592. The summed E-state index contributed by atoms with van der Waals surface area (Å²) in [4.78, 5) is 2.41. The van der Waals surface area contributed by atoms with Gasteiger partial charge in [0.05, 0.1) is 10.2 Å². The van der Waals surface area contributed by atoms with E-state index in [1.54, 1.807) is 6.07 Å². The molecule has 0 aliphatic carbocycles. The average molecular weight is 431 g/mol. The van der Waals surface area contributed by atoms with Crippen molar-refractivity contribution in [2.75, 3.05) is 4.72 Å². The number of rotatable bonds is 4.